The highest BCUT2D eigenvalue weighted by Crippen LogP contribution is 2.47. The van der Waals surface area contributed by atoms with Gasteiger partial charge in [-0.25, -0.2) is 4.68 Å². The van der Waals surface area contributed by atoms with Gasteiger partial charge in [-0.15, -0.1) is 0 Å². The molecule has 0 bridgehead atoms. The summed E-state index contributed by atoms with van der Waals surface area (Å²) in [4.78, 5) is 12.5. The average Bonchev–Trinajstić information content (AvgIpc) is 3.10. The van der Waals surface area contributed by atoms with E-state index in [1.54, 1.807) is 21.3 Å². The summed E-state index contributed by atoms with van der Waals surface area (Å²) in [5, 5.41) is 7.60. The second-order valence-corrected chi connectivity index (χ2v) is 6.59. The van der Waals surface area contributed by atoms with Crippen molar-refractivity contribution in [3.05, 3.63) is 29.5 Å². The van der Waals surface area contributed by atoms with Crippen molar-refractivity contribution in [2.24, 2.45) is 0 Å². The Hall–Kier alpha value is -2.70. The monoisotopic (exact) mass is 373 g/mol. The van der Waals surface area contributed by atoms with E-state index in [0.29, 0.717) is 23.7 Å². The number of hydrogen-bond donors (Lipinski definition) is 1. The maximum atomic E-state index is 12.5. The molecule has 0 saturated carbocycles. The van der Waals surface area contributed by atoms with E-state index in [4.69, 9.17) is 14.2 Å². The first kappa shape index (κ1) is 19.1. The SMILES string of the molecule is CCC(CC)n1ncc2c1NC(=O)CC2c1ccc(OC)c(OC)c1OC. The number of carbonyl (C=O) groups excluding carboxylic acids is 1. The topological polar surface area (TPSA) is 74.6 Å². The summed E-state index contributed by atoms with van der Waals surface area (Å²) in [5.41, 5.74) is 1.88. The van der Waals surface area contributed by atoms with Gasteiger partial charge in [0.25, 0.3) is 0 Å². The minimum atomic E-state index is -0.161. The Balaban J connectivity index is 2.14. The van der Waals surface area contributed by atoms with Crippen LogP contribution in [0, 0.1) is 0 Å². The van der Waals surface area contributed by atoms with Crippen molar-refractivity contribution < 1.29 is 19.0 Å². The quantitative estimate of drug-likeness (QED) is 0.800. The molecule has 1 aliphatic heterocycles. The molecule has 1 aromatic heterocycles. The molecule has 2 heterocycles. The van der Waals surface area contributed by atoms with Crippen molar-refractivity contribution in [3.8, 4) is 17.2 Å². The summed E-state index contributed by atoms with van der Waals surface area (Å²) in [6.07, 6.45) is 4.08. The highest BCUT2D eigenvalue weighted by atomic mass is 16.5. The third-order valence-corrected chi connectivity index (χ3v) is 5.24. The van der Waals surface area contributed by atoms with Crippen molar-refractivity contribution in [3.63, 3.8) is 0 Å². The molecule has 3 rings (SSSR count). The van der Waals surface area contributed by atoms with Gasteiger partial charge in [0.1, 0.15) is 5.82 Å². The summed E-state index contributed by atoms with van der Waals surface area (Å²) in [7, 11) is 4.76. The minimum Gasteiger partial charge on any atom is -0.493 e. The van der Waals surface area contributed by atoms with Gasteiger partial charge in [-0.2, -0.15) is 5.10 Å². The van der Waals surface area contributed by atoms with Crippen LogP contribution in [0.5, 0.6) is 17.2 Å². The van der Waals surface area contributed by atoms with Gasteiger partial charge < -0.3 is 19.5 Å². The van der Waals surface area contributed by atoms with Crippen LogP contribution in [-0.2, 0) is 4.79 Å². The molecule has 1 aromatic carbocycles. The number of methoxy groups -OCH3 is 3. The first-order valence-electron chi connectivity index (χ1n) is 9.25. The van der Waals surface area contributed by atoms with E-state index in [-0.39, 0.29) is 17.9 Å². The molecule has 7 nitrogen and oxygen atoms in total. The van der Waals surface area contributed by atoms with Gasteiger partial charge in [-0.3, -0.25) is 4.79 Å². The molecule has 27 heavy (non-hydrogen) atoms. The molecule has 0 saturated heterocycles. The molecule has 2 aromatic rings. The number of carbonyl (C=O) groups is 1. The van der Waals surface area contributed by atoms with Gasteiger partial charge in [0.2, 0.25) is 11.7 Å². The molecule has 1 unspecified atom stereocenters. The van der Waals surface area contributed by atoms with E-state index < -0.39 is 0 Å². The molecule has 1 aliphatic rings. The number of anilines is 1. The Bertz CT molecular complexity index is 827. The Morgan fingerprint density at radius 2 is 1.81 bits per heavy atom. The van der Waals surface area contributed by atoms with E-state index >= 15 is 0 Å². The standard InChI is InChI=1S/C20H27N3O4/c1-6-12(7-2)23-20-15(11-21-23)14(10-17(24)22-20)13-8-9-16(25-3)19(27-5)18(13)26-4/h8-9,11-12,14H,6-7,10H2,1-5H3,(H,22,24). The lowest BCUT2D eigenvalue weighted by Crippen LogP contribution is -2.26. The number of ether oxygens (including phenoxy) is 3. The van der Waals surface area contributed by atoms with Crippen molar-refractivity contribution in [1.29, 1.82) is 0 Å². The van der Waals surface area contributed by atoms with Crippen LogP contribution in [0.3, 0.4) is 0 Å². The Labute approximate surface area is 159 Å². The predicted octanol–water partition coefficient (Wildman–Crippen LogP) is 3.74. The summed E-state index contributed by atoms with van der Waals surface area (Å²) < 4.78 is 18.5. The molecule has 0 spiro atoms. The van der Waals surface area contributed by atoms with Gasteiger partial charge in [-0.1, -0.05) is 19.9 Å². The van der Waals surface area contributed by atoms with Crippen LogP contribution in [0.2, 0.25) is 0 Å². The van der Waals surface area contributed by atoms with Crippen LogP contribution in [-0.4, -0.2) is 37.0 Å². The van der Waals surface area contributed by atoms with Gasteiger partial charge >= 0.3 is 0 Å². The largest absolute Gasteiger partial charge is 0.493 e. The number of nitrogens with one attached hydrogen (secondary N) is 1. The fourth-order valence-electron chi connectivity index (χ4n) is 3.83. The molecule has 146 valence electrons. The molecule has 1 N–H and O–H groups in total. The fourth-order valence-corrected chi connectivity index (χ4v) is 3.83. The zero-order chi connectivity index (χ0) is 19.6. The summed E-state index contributed by atoms with van der Waals surface area (Å²) in [6.45, 7) is 4.25. The second-order valence-electron chi connectivity index (χ2n) is 6.59. The van der Waals surface area contributed by atoms with Crippen LogP contribution < -0.4 is 19.5 Å². The first-order chi connectivity index (χ1) is 13.1. The van der Waals surface area contributed by atoms with Crippen molar-refractivity contribution in [1.82, 2.24) is 9.78 Å². The zero-order valence-corrected chi connectivity index (χ0v) is 16.5. The van der Waals surface area contributed by atoms with E-state index in [2.05, 4.69) is 24.3 Å². The maximum absolute atomic E-state index is 12.5. The number of hydrogen-bond acceptors (Lipinski definition) is 5. The molecule has 0 aliphatic carbocycles. The Morgan fingerprint density at radius 1 is 1.11 bits per heavy atom. The van der Waals surface area contributed by atoms with Crippen LogP contribution in [0.4, 0.5) is 5.82 Å². The lowest BCUT2D eigenvalue weighted by Gasteiger charge is -2.27. The predicted molar refractivity (Wildman–Crippen MR) is 103 cm³/mol. The number of rotatable bonds is 7. The number of fused-ring (bicyclic) bond motifs is 1. The molecule has 1 atom stereocenters. The molecular formula is C20H27N3O4. The molecule has 0 radical (unpaired) electrons. The van der Waals surface area contributed by atoms with E-state index in [1.165, 1.54) is 0 Å². The molecule has 7 heteroatoms. The summed E-state index contributed by atoms with van der Waals surface area (Å²) in [5.74, 6) is 2.28. The highest BCUT2D eigenvalue weighted by molar-refractivity contribution is 5.94. The second kappa shape index (κ2) is 7.90. The highest BCUT2D eigenvalue weighted by Gasteiger charge is 2.34. The lowest BCUT2D eigenvalue weighted by molar-refractivity contribution is -0.116. The van der Waals surface area contributed by atoms with Gasteiger partial charge in [0.05, 0.1) is 33.6 Å². The number of aromatic nitrogens is 2. The van der Waals surface area contributed by atoms with Crippen molar-refractivity contribution in [2.75, 3.05) is 26.6 Å². The molecule has 1 amide bonds. The van der Waals surface area contributed by atoms with Gasteiger partial charge in [-0.05, 0) is 18.9 Å². The number of amides is 1. The van der Waals surface area contributed by atoms with E-state index in [9.17, 15) is 4.79 Å². The summed E-state index contributed by atoms with van der Waals surface area (Å²) >= 11 is 0. The average molecular weight is 373 g/mol. The van der Waals surface area contributed by atoms with Crippen LogP contribution in [0.25, 0.3) is 0 Å². The maximum Gasteiger partial charge on any atom is 0.226 e. The van der Waals surface area contributed by atoms with Crippen LogP contribution in [0.15, 0.2) is 18.3 Å². The van der Waals surface area contributed by atoms with Crippen molar-refractivity contribution >= 4 is 11.7 Å². The third-order valence-electron chi connectivity index (χ3n) is 5.24. The van der Waals surface area contributed by atoms with Crippen LogP contribution in [0.1, 0.15) is 56.2 Å². The van der Waals surface area contributed by atoms with Gasteiger partial charge in [0.15, 0.2) is 11.5 Å². The fraction of sp³-hybridized carbons (Fsp3) is 0.500. The first-order valence-corrected chi connectivity index (χ1v) is 9.25. The number of nitrogens with zero attached hydrogens (tertiary/aromatic N) is 2. The zero-order valence-electron chi connectivity index (χ0n) is 16.5. The van der Waals surface area contributed by atoms with Gasteiger partial charge in [0, 0.05) is 23.5 Å². The Kier molecular flexibility index (Phi) is 5.58. The lowest BCUT2D eigenvalue weighted by atomic mass is 9.86. The number of benzene rings is 1. The summed E-state index contributed by atoms with van der Waals surface area (Å²) in [6, 6.07) is 4.02. The normalized spacial score (nSPS) is 16.1. The van der Waals surface area contributed by atoms with E-state index in [0.717, 1.165) is 29.8 Å². The third kappa shape index (κ3) is 3.22. The van der Waals surface area contributed by atoms with Crippen LogP contribution >= 0.6 is 0 Å². The smallest absolute Gasteiger partial charge is 0.226 e. The molecule has 0 fully saturated rings. The van der Waals surface area contributed by atoms with E-state index in [1.807, 2.05) is 23.0 Å². The minimum absolute atomic E-state index is 0.0305. The van der Waals surface area contributed by atoms with Crippen molar-refractivity contribution in [2.45, 2.75) is 45.1 Å². The molecular weight excluding hydrogens is 346 g/mol. The Morgan fingerprint density at radius 3 is 2.41 bits per heavy atom.